The number of anilines is 3. The van der Waals surface area contributed by atoms with Crippen LogP contribution in [0.25, 0.3) is 0 Å². The SMILES string of the molecule is CCN(CCC(=O)Nc1cccc(N)c1C)c1ccccc1. The highest BCUT2D eigenvalue weighted by Gasteiger charge is 2.09. The van der Waals surface area contributed by atoms with E-state index in [0.717, 1.165) is 23.5 Å². The van der Waals surface area contributed by atoms with Crippen molar-refractivity contribution in [2.75, 3.05) is 29.0 Å². The summed E-state index contributed by atoms with van der Waals surface area (Å²) < 4.78 is 0. The van der Waals surface area contributed by atoms with E-state index in [1.165, 1.54) is 0 Å². The van der Waals surface area contributed by atoms with Gasteiger partial charge in [-0.3, -0.25) is 4.79 Å². The summed E-state index contributed by atoms with van der Waals surface area (Å²) in [6.45, 7) is 5.56. The van der Waals surface area contributed by atoms with Crippen molar-refractivity contribution in [1.29, 1.82) is 0 Å². The second-order valence-electron chi connectivity index (χ2n) is 5.23. The van der Waals surface area contributed by atoms with E-state index in [1.807, 2.05) is 43.3 Å². The summed E-state index contributed by atoms with van der Waals surface area (Å²) in [5, 5.41) is 2.94. The topological polar surface area (TPSA) is 58.4 Å². The summed E-state index contributed by atoms with van der Waals surface area (Å²) in [6, 6.07) is 15.7. The van der Waals surface area contributed by atoms with Crippen molar-refractivity contribution in [1.82, 2.24) is 0 Å². The van der Waals surface area contributed by atoms with Gasteiger partial charge >= 0.3 is 0 Å². The van der Waals surface area contributed by atoms with Crippen LogP contribution in [0.5, 0.6) is 0 Å². The standard InChI is InChI=1S/C18H23N3O/c1-3-21(15-8-5-4-6-9-15)13-12-18(22)20-17-11-7-10-16(19)14(17)2/h4-11H,3,12-13,19H2,1-2H3,(H,20,22). The zero-order valence-corrected chi connectivity index (χ0v) is 13.2. The summed E-state index contributed by atoms with van der Waals surface area (Å²) in [5.41, 5.74) is 9.38. The molecular formula is C18H23N3O. The van der Waals surface area contributed by atoms with Gasteiger partial charge in [0.2, 0.25) is 5.91 Å². The molecule has 0 spiro atoms. The Bertz CT molecular complexity index is 625. The molecule has 0 bridgehead atoms. The van der Waals surface area contributed by atoms with Crippen LogP contribution in [0.15, 0.2) is 48.5 Å². The van der Waals surface area contributed by atoms with Crippen molar-refractivity contribution in [3.05, 3.63) is 54.1 Å². The second-order valence-corrected chi connectivity index (χ2v) is 5.23. The van der Waals surface area contributed by atoms with Crippen molar-refractivity contribution in [3.8, 4) is 0 Å². The minimum Gasteiger partial charge on any atom is -0.398 e. The largest absolute Gasteiger partial charge is 0.398 e. The summed E-state index contributed by atoms with van der Waals surface area (Å²) in [5.74, 6) is 0.00285. The Kier molecular flexibility index (Phi) is 5.42. The molecule has 0 atom stereocenters. The number of carbonyl (C=O) groups excluding carboxylic acids is 1. The van der Waals surface area contributed by atoms with Gasteiger partial charge in [-0.1, -0.05) is 24.3 Å². The predicted octanol–water partition coefficient (Wildman–Crippen LogP) is 3.43. The van der Waals surface area contributed by atoms with Gasteiger partial charge in [0.15, 0.2) is 0 Å². The third-order valence-corrected chi connectivity index (χ3v) is 3.76. The first-order valence-electron chi connectivity index (χ1n) is 7.56. The zero-order chi connectivity index (χ0) is 15.9. The normalized spacial score (nSPS) is 10.3. The Labute approximate surface area is 131 Å². The Morgan fingerprint density at radius 1 is 1.14 bits per heavy atom. The molecule has 4 heteroatoms. The van der Waals surface area contributed by atoms with Crippen molar-refractivity contribution >= 4 is 23.0 Å². The number of hydrogen-bond acceptors (Lipinski definition) is 3. The molecule has 0 aliphatic heterocycles. The molecule has 0 fully saturated rings. The Morgan fingerprint density at radius 2 is 1.86 bits per heavy atom. The highest BCUT2D eigenvalue weighted by Crippen LogP contribution is 2.20. The van der Waals surface area contributed by atoms with E-state index >= 15 is 0 Å². The summed E-state index contributed by atoms with van der Waals surface area (Å²) >= 11 is 0. The number of nitrogens with two attached hydrogens (primary N) is 1. The number of hydrogen-bond donors (Lipinski definition) is 2. The molecule has 4 nitrogen and oxygen atoms in total. The average molecular weight is 297 g/mol. The maximum Gasteiger partial charge on any atom is 0.226 e. The fraction of sp³-hybridized carbons (Fsp3) is 0.278. The van der Waals surface area contributed by atoms with Crippen LogP contribution in [0.2, 0.25) is 0 Å². The van der Waals surface area contributed by atoms with E-state index in [1.54, 1.807) is 0 Å². The predicted molar refractivity (Wildman–Crippen MR) is 93.2 cm³/mol. The summed E-state index contributed by atoms with van der Waals surface area (Å²) in [4.78, 5) is 14.3. The van der Waals surface area contributed by atoms with Gasteiger partial charge < -0.3 is 16.0 Å². The lowest BCUT2D eigenvalue weighted by atomic mass is 10.1. The van der Waals surface area contributed by atoms with Crippen LogP contribution in [0.1, 0.15) is 18.9 Å². The lowest BCUT2D eigenvalue weighted by Crippen LogP contribution is -2.27. The molecule has 0 heterocycles. The molecule has 0 radical (unpaired) electrons. The number of para-hydroxylation sites is 1. The fourth-order valence-corrected chi connectivity index (χ4v) is 2.35. The second kappa shape index (κ2) is 7.50. The molecule has 2 rings (SSSR count). The van der Waals surface area contributed by atoms with E-state index in [0.29, 0.717) is 18.7 Å². The first-order valence-corrected chi connectivity index (χ1v) is 7.56. The van der Waals surface area contributed by atoms with Crippen LogP contribution >= 0.6 is 0 Å². The highest BCUT2D eigenvalue weighted by molar-refractivity contribution is 5.92. The molecule has 22 heavy (non-hydrogen) atoms. The van der Waals surface area contributed by atoms with E-state index in [4.69, 9.17) is 5.73 Å². The van der Waals surface area contributed by atoms with Crippen molar-refractivity contribution in [2.24, 2.45) is 0 Å². The number of nitrogens with one attached hydrogen (secondary N) is 1. The van der Waals surface area contributed by atoms with Gasteiger partial charge in [0, 0.05) is 36.6 Å². The van der Waals surface area contributed by atoms with Crippen LogP contribution in [0, 0.1) is 6.92 Å². The van der Waals surface area contributed by atoms with Crippen LogP contribution in [-0.2, 0) is 4.79 Å². The number of nitrogen functional groups attached to an aromatic ring is 1. The third-order valence-electron chi connectivity index (χ3n) is 3.76. The van der Waals surface area contributed by atoms with Gasteiger partial charge in [0.1, 0.15) is 0 Å². The van der Waals surface area contributed by atoms with Crippen molar-refractivity contribution in [2.45, 2.75) is 20.3 Å². The Balaban J connectivity index is 1.93. The lowest BCUT2D eigenvalue weighted by Gasteiger charge is -2.22. The van der Waals surface area contributed by atoms with Crippen LogP contribution in [0.3, 0.4) is 0 Å². The molecule has 2 aromatic rings. The van der Waals surface area contributed by atoms with Gasteiger partial charge in [-0.05, 0) is 43.7 Å². The smallest absolute Gasteiger partial charge is 0.226 e. The Morgan fingerprint density at radius 3 is 2.55 bits per heavy atom. The van der Waals surface area contributed by atoms with Gasteiger partial charge in [-0.15, -0.1) is 0 Å². The number of nitrogens with zero attached hydrogens (tertiary/aromatic N) is 1. The molecule has 0 aromatic heterocycles. The maximum absolute atomic E-state index is 12.1. The van der Waals surface area contributed by atoms with Gasteiger partial charge in [0.25, 0.3) is 0 Å². The molecule has 0 aliphatic rings. The first kappa shape index (κ1) is 15.9. The van der Waals surface area contributed by atoms with Crippen LogP contribution in [-0.4, -0.2) is 19.0 Å². The summed E-state index contributed by atoms with van der Waals surface area (Å²) in [7, 11) is 0. The fourth-order valence-electron chi connectivity index (χ4n) is 2.35. The van der Waals surface area contributed by atoms with Crippen molar-refractivity contribution < 1.29 is 4.79 Å². The van der Waals surface area contributed by atoms with Crippen molar-refractivity contribution in [3.63, 3.8) is 0 Å². The molecule has 3 N–H and O–H groups in total. The van der Waals surface area contributed by atoms with E-state index in [2.05, 4.69) is 29.3 Å². The maximum atomic E-state index is 12.1. The van der Waals surface area contributed by atoms with E-state index < -0.39 is 0 Å². The number of rotatable bonds is 6. The number of amides is 1. The van der Waals surface area contributed by atoms with E-state index in [9.17, 15) is 4.79 Å². The number of benzene rings is 2. The number of carbonyl (C=O) groups is 1. The summed E-state index contributed by atoms with van der Waals surface area (Å²) in [6.07, 6.45) is 0.441. The molecule has 0 saturated carbocycles. The molecule has 0 saturated heterocycles. The third kappa shape index (κ3) is 4.01. The Hall–Kier alpha value is -2.49. The zero-order valence-electron chi connectivity index (χ0n) is 13.2. The molecule has 1 amide bonds. The van der Waals surface area contributed by atoms with Gasteiger partial charge in [-0.25, -0.2) is 0 Å². The quantitative estimate of drug-likeness (QED) is 0.803. The minimum absolute atomic E-state index is 0.00285. The van der Waals surface area contributed by atoms with Crippen LogP contribution in [0.4, 0.5) is 17.1 Å². The van der Waals surface area contributed by atoms with Crippen LogP contribution < -0.4 is 16.0 Å². The molecule has 116 valence electrons. The van der Waals surface area contributed by atoms with Gasteiger partial charge in [-0.2, -0.15) is 0 Å². The monoisotopic (exact) mass is 297 g/mol. The lowest BCUT2D eigenvalue weighted by molar-refractivity contribution is -0.116. The van der Waals surface area contributed by atoms with Gasteiger partial charge in [0.05, 0.1) is 0 Å². The average Bonchev–Trinajstić information content (AvgIpc) is 2.53. The minimum atomic E-state index is 0.00285. The van der Waals surface area contributed by atoms with E-state index in [-0.39, 0.29) is 5.91 Å². The highest BCUT2D eigenvalue weighted by atomic mass is 16.1. The first-order chi connectivity index (χ1) is 10.6. The molecule has 0 aliphatic carbocycles. The molecule has 0 unspecified atom stereocenters. The molecular weight excluding hydrogens is 274 g/mol. The molecule has 2 aromatic carbocycles.